The van der Waals surface area contributed by atoms with E-state index in [0.717, 1.165) is 35.2 Å². The molecule has 2 aromatic rings. The van der Waals surface area contributed by atoms with Crippen molar-refractivity contribution in [2.24, 2.45) is 0 Å². The molecule has 1 aliphatic heterocycles. The van der Waals surface area contributed by atoms with Crippen LogP contribution in [0.15, 0.2) is 48.4 Å². The normalized spacial score (nSPS) is 13.2. The predicted octanol–water partition coefficient (Wildman–Crippen LogP) is 2.20. The van der Waals surface area contributed by atoms with Crippen molar-refractivity contribution in [3.05, 3.63) is 54.0 Å². The van der Waals surface area contributed by atoms with Gasteiger partial charge in [-0.1, -0.05) is 6.08 Å². The lowest BCUT2D eigenvalue weighted by Gasteiger charge is -2.11. The first-order valence-electron chi connectivity index (χ1n) is 9.37. The average molecular weight is 398 g/mol. The summed E-state index contributed by atoms with van der Waals surface area (Å²) in [6, 6.07) is 5.24. The highest BCUT2D eigenvalue weighted by Crippen LogP contribution is 2.26. The van der Waals surface area contributed by atoms with Crippen LogP contribution < -0.4 is 15.4 Å². The number of ether oxygens (including phenoxy) is 2. The van der Waals surface area contributed by atoms with Crippen LogP contribution in [0.1, 0.15) is 12.0 Å². The van der Waals surface area contributed by atoms with Gasteiger partial charge in [-0.3, -0.25) is 4.57 Å². The minimum atomic E-state index is -0.462. The van der Waals surface area contributed by atoms with Gasteiger partial charge < -0.3 is 25.0 Å². The molecule has 8 nitrogen and oxygen atoms in total. The van der Waals surface area contributed by atoms with Crippen LogP contribution in [-0.4, -0.2) is 55.9 Å². The number of benzene rings is 1. The van der Waals surface area contributed by atoms with Crippen LogP contribution in [-0.2, 0) is 16.0 Å². The van der Waals surface area contributed by atoms with E-state index in [1.165, 1.54) is 4.57 Å². The van der Waals surface area contributed by atoms with Gasteiger partial charge in [0, 0.05) is 30.7 Å². The van der Waals surface area contributed by atoms with E-state index in [4.69, 9.17) is 9.47 Å². The number of hydrogen-bond donors (Lipinski definition) is 2. The van der Waals surface area contributed by atoms with E-state index in [2.05, 4.69) is 15.5 Å². The van der Waals surface area contributed by atoms with Gasteiger partial charge in [-0.2, -0.15) is 0 Å². The van der Waals surface area contributed by atoms with E-state index in [1.54, 1.807) is 19.5 Å². The molecule has 0 unspecified atom stereocenters. The number of fused-ring (bicyclic) bond motifs is 1. The fourth-order valence-corrected chi connectivity index (χ4v) is 3.06. The number of carbonyl (C=O) groups is 2. The first-order valence-corrected chi connectivity index (χ1v) is 9.37. The third-order valence-electron chi connectivity index (χ3n) is 4.64. The lowest BCUT2D eigenvalue weighted by Crippen LogP contribution is -2.31. The maximum absolute atomic E-state index is 12.7. The van der Waals surface area contributed by atoms with Crippen LogP contribution in [0, 0.1) is 0 Å². The molecule has 0 saturated carbocycles. The van der Waals surface area contributed by atoms with Crippen molar-refractivity contribution < 1.29 is 19.1 Å². The molecule has 1 aromatic carbocycles. The topological polar surface area (TPSA) is 84.8 Å². The molecular formula is C21H26N4O4. The number of allylic oxidation sites excluding steroid dienone is 1. The van der Waals surface area contributed by atoms with Crippen LogP contribution in [0.4, 0.5) is 4.79 Å². The number of nitrogens with zero attached hydrogens (tertiary/aromatic N) is 2. The lowest BCUT2D eigenvalue weighted by atomic mass is 10.1. The summed E-state index contributed by atoms with van der Waals surface area (Å²) >= 11 is 0. The minimum Gasteiger partial charge on any atom is -0.497 e. The molecule has 1 aliphatic rings. The highest BCUT2D eigenvalue weighted by molar-refractivity contribution is 5.94. The molecule has 0 spiro atoms. The number of amides is 1. The fraction of sp³-hybridized carbons (Fsp3) is 0.333. The maximum Gasteiger partial charge on any atom is 0.337 e. The zero-order valence-corrected chi connectivity index (χ0v) is 16.9. The van der Waals surface area contributed by atoms with Gasteiger partial charge in [-0.05, 0) is 50.5 Å². The molecule has 2 heterocycles. The largest absolute Gasteiger partial charge is 0.497 e. The van der Waals surface area contributed by atoms with Crippen molar-refractivity contribution in [1.29, 1.82) is 0 Å². The second-order valence-corrected chi connectivity index (χ2v) is 6.96. The van der Waals surface area contributed by atoms with E-state index in [-0.39, 0.29) is 12.8 Å². The number of rotatable bonds is 7. The number of aromatic nitrogens is 1. The van der Waals surface area contributed by atoms with Crippen molar-refractivity contribution in [2.75, 3.05) is 34.5 Å². The molecule has 0 saturated heterocycles. The number of esters is 1. The van der Waals surface area contributed by atoms with Crippen LogP contribution in [0.5, 0.6) is 5.75 Å². The Morgan fingerprint density at radius 1 is 1.31 bits per heavy atom. The van der Waals surface area contributed by atoms with E-state index >= 15 is 0 Å². The molecule has 154 valence electrons. The molecule has 0 atom stereocenters. The zero-order valence-electron chi connectivity index (χ0n) is 16.9. The number of likely N-dealkylation sites (N-methyl/N-ethyl adjacent to an activating group) is 1. The van der Waals surface area contributed by atoms with Gasteiger partial charge >= 0.3 is 12.0 Å². The predicted molar refractivity (Wildman–Crippen MR) is 111 cm³/mol. The first kappa shape index (κ1) is 20.5. The second-order valence-electron chi connectivity index (χ2n) is 6.96. The summed E-state index contributed by atoms with van der Waals surface area (Å²) in [6.45, 7) is 0.648. The summed E-state index contributed by atoms with van der Waals surface area (Å²) in [6.07, 6.45) is 8.28. The number of hydrogen-bond acceptors (Lipinski definition) is 6. The van der Waals surface area contributed by atoms with Gasteiger partial charge in [-0.25, -0.2) is 9.59 Å². The molecule has 0 radical (unpaired) electrons. The molecular weight excluding hydrogens is 372 g/mol. The monoisotopic (exact) mass is 398 g/mol. The quantitative estimate of drug-likeness (QED) is 0.550. The maximum atomic E-state index is 12.7. The summed E-state index contributed by atoms with van der Waals surface area (Å²) < 4.78 is 12.0. The molecule has 0 bridgehead atoms. The second kappa shape index (κ2) is 9.29. The van der Waals surface area contributed by atoms with Crippen molar-refractivity contribution >= 4 is 22.9 Å². The number of dihydropyridines is 1. The number of methoxy groups -OCH3 is 1. The van der Waals surface area contributed by atoms with Gasteiger partial charge in [0.15, 0.2) is 6.73 Å². The van der Waals surface area contributed by atoms with Crippen molar-refractivity contribution in [3.63, 3.8) is 0 Å². The Kier molecular flexibility index (Phi) is 6.56. The molecule has 1 amide bonds. The lowest BCUT2D eigenvalue weighted by molar-refractivity contribution is -0.139. The van der Waals surface area contributed by atoms with Gasteiger partial charge in [0.2, 0.25) is 0 Å². The molecule has 2 N–H and O–H groups in total. The number of nitrogens with one attached hydrogen (secondary N) is 2. The Labute approximate surface area is 169 Å². The Bertz CT molecular complexity index is 959. The smallest absolute Gasteiger partial charge is 0.337 e. The van der Waals surface area contributed by atoms with E-state index in [1.807, 2.05) is 44.6 Å². The summed E-state index contributed by atoms with van der Waals surface area (Å²) in [5.41, 5.74) is 2.32. The SMILES string of the molecule is COc1ccc2c(c1)c(CCN(C)C)cn2C(=O)NCOC(=O)C1=CNC=CC1. The third kappa shape index (κ3) is 4.97. The highest BCUT2D eigenvalue weighted by Gasteiger charge is 2.16. The Hall–Kier alpha value is -3.26. The highest BCUT2D eigenvalue weighted by atomic mass is 16.5. The molecule has 29 heavy (non-hydrogen) atoms. The van der Waals surface area contributed by atoms with Gasteiger partial charge in [0.05, 0.1) is 18.2 Å². The van der Waals surface area contributed by atoms with Crippen LogP contribution in [0.3, 0.4) is 0 Å². The number of carbonyl (C=O) groups excluding carboxylic acids is 2. The fourth-order valence-electron chi connectivity index (χ4n) is 3.06. The molecule has 0 fully saturated rings. The van der Waals surface area contributed by atoms with E-state index in [0.29, 0.717) is 12.0 Å². The summed E-state index contributed by atoms with van der Waals surface area (Å²) in [7, 11) is 5.63. The summed E-state index contributed by atoms with van der Waals surface area (Å²) in [5, 5.41) is 6.45. The third-order valence-corrected chi connectivity index (χ3v) is 4.64. The van der Waals surface area contributed by atoms with Crippen LogP contribution in [0.25, 0.3) is 10.9 Å². The minimum absolute atomic E-state index is 0.207. The Balaban J connectivity index is 1.71. The van der Waals surface area contributed by atoms with Crippen molar-refractivity contribution in [1.82, 2.24) is 20.1 Å². The van der Waals surface area contributed by atoms with Gasteiger partial charge in [0.1, 0.15) is 5.75 Å². The molecule has 1 aromatic heterocycles. The average Bonchev–Trinajstić information content (AvgIpc) is 3.10. The van der Waals surface area contributed by atoms with Crippen molar-refractivity contribution in [2.45, 2.75) is 12.8 Å². The van der Waals surface area contributed by atoms with E-state index < -0.39 is 5.97 Å². The van der Waals surface area contributed by atoms with Gasteiger partial charge in [0.25, 0.3) is 0 Å². The van der Waals surface area contributed by atoms with Crippen LogP contribution >= 0.6 is 0 Å². The van der Waals surface area contributed by atoms with E-state index in [9.17, 15) is 9.59 Å². The van der Waals surface area contributed by atoms with Crippen LogP contribution in [0.2, 0.25) is 0 Å². The zero-order chi connectivity index (χ0) is 20.8. The molecule has 3 rings (SSSR count). The Morgan fingerprint density at radius 2 is 2.14 bits per heavy atom. The van der Waals surface area contributed by atoms with Gasteiger partial charge in [-0.15, -0.1) is 0 Å². The van der Waals surface area contributed by atoms with Crippen molar-refractivity contribution in [3.8, 4) is 5.75 Å². The first-order chi connectivity index (χ1) is 14.0. The Morgan fingerprint density at radius 3 is 2.83 bits per heavy atom. The summed E-state index contributed by atoms with van der Waals surface area (Å²) in [4.78, 5) is 26.8. The summed E-state index contributed by atoms with van der Waals surface area (Å²) in [5.74, 6) is 0.273. The standard InChI is InChI=1S/C21H26N4O4/c1-24(2)10-8-16-13-25(19-7-6-17(28-3)11-18(16)19)21(27)23-14-29-20(26)15-5-4-9-22-12-15/h4,6-7,9,11-13,22H,5,8,10,14H2,1-3H3,(H,23,27). The molecule has 8 heteroatoms. The molecule has 0 aliphatic carbocycles.